The molecule has 0 aliphatic heterocycles. The summed E-state index contributed by atoms with van der Waals surface area (Å²) in [6, 6.07) is 0. The van der Waals surface area contributed by atoms with E-state index >= 15 is 0 Å². The van der Waals surface area contributed by atoms with Gasteiger partial charge in [-0.15, -0.1) is 0 Å². The van der Waals surface area contributed by atoms with Crippen molar-refractivity contribution in [3.8, 4) is 0 Å². The standard InChI is InChI=1S/C13H18O3/c1-10(15)13(6-4-5-11(13)16)9-12(2,3)7-8-14/h4-5,8H,6-7,9H2,1-3H3. The van der Waals surface area contributed by atoms with Crippen LogP contribution in [0.5, 0.6) is 0 Å². The molecule has 0 N–H and O–H groups in total. The summed E-state index contributed by atoms with van der Waals surface area (Å²) in [6.07, 6.45) is 5.37. The number of ketones is 2. The number of aldehydes is 1. The fourth-order valence-electron chi connectivity index (χ4n) is 2.34. The van der Waals surface area contributed by atoms with Gasteiger partial charge in [0.15, 0.2) is 5.78 Å². The molecule has 0 aromatic carbocycles. The predicted molar refractivity (Wildman–Crippen MR) is 61.0 cm³/mol. The molecule has 0 radical (unpaired) electrons. The van der Waals surface area contributed by atoms with Crippen LogP contribution in [0.1, 0.15) is 40.0 Å². The molecule has 3 nitrogen and oxygen atoms in total. The Morgan fingerprint density at radius 1 is 1.56 bits per heavy atom. The van der Waals surface area contributed by atoms with Crippen molar-refractivity contribution < 1.29 is 14.4 Å². The zero-order valence-corrected chi connectivity index (χ0v) is 10.1. The highest BCUT2D eigenvalue weighted by atomic mass is 16.2. The normalized spacial score (nSPS) is 24.8. The molecule has 0 bridgehead atoms. The summed E-state index contributed by atoms with van der Waals surface area (Å²) in [6.45, 7) is 5.29. The van der Waals surface area contributed by atoms with E-state index in [0.717, 1.165) is 6.29 Å². The number of carbonyl (C=O) groups excluding carboxylic acids is 3. The van der Waals surface area contributed by atoms with E-state index in [4.69, 9.17) is 0 Å². The molecule has 0 aromatic rings. The molecule has 16 heavy (non-hydrogen) atoms. The quantitative estimate of drug-likeness (QED) is 0.528. The van der Waals surface area contributed by atoms with E-state index in [9.17, 15) is 14.4 Å². The van der Waals surface area contributed by atoms with Gasteiger partial charge in [-0.1, -0.05) is 19.9 Å². The Bertz CT molecular complexity index is 352. The molecule has 88 valence electrons. The van der Waals surface area contributed by atoms with Crippen LogP contribution < -0.4 is 0 Å². The molecular weight excluding hydrogens is 204 g/mol. The number of hydrogen-bond acceptors (Lipinski definition) is 3. The SMILES string of the molecule is CC(=O)C1(CC(C)(C)CC=O)CC=CC1=O. The van der Waals surface area contributed by atoms with Gasteiger partial charge in [-0.05, 0) is 31.3 Å². The molecular formula is C13H18O3. The minimum Gasteiger partial charge on any atom is -0.303 e. The Balaban J connectivity index is 2.94. The van der Waals surface area contributed by atoms with Gasteiger partial charge in [0.2, 0.25) is 0 Å². The summed E-state index contributed by atoms with van der Waals surface area (Å²) in [7, 11) is 0. The molecule has 0 saturated carbocycles. The molecule has 1 unspecified atom stereocenters. The maximum Gasteiger partial charge on any atom is 0.169 e. The van der Waals surface area contributed by atoms with E-state index in [2.05, 4.69) is 0 Å². The number of hydrogen-bond donors (Lipinski definition) is 0. The first-order valence-electron chi connectivity index (χ1n) is 5.50. The number of rotatable bonds is 5. The summed E-state index contributed by atoms with van der Waals surface area (Å²) in [5.74, 6) is -0.208. The Morgan fingerprint density at radius 3 is 2.56 bits per heavy atom. The van der Waals surface area contributed by atoms with Gasteiger partial charge in [-0.25, -0.2) is 0 Å². The third-order valence-electron chi connectivity index (χ3n) is 3.30. The second-order valence-electron chi connectivity index (χ2n) is 5.32. The monoisotopic (exact) mass is 222 g/mol. The summed E-state index contributed by atoms with van der Waals surface area (Å²) < 4.78 is 0. The first-order chi connectivity index (χ1) is 7.34. The number of carbonyl (C=O) groups is 3. The Morgan fingerprint density at radius 2 is 2.19 bits per heavy atom. The largest absolute Gasteiger partial charge is 0.303 e. The van der Waals surface area contributed by atoms with Crippen molar-refractivity contribution in [3.63, 3.8) is 0 Å². The number of Topliss-reactive ketones (excluding diaryl/α,β-unsaturated/α-hetero) is 1. The molecule has 0 heterocycles. The maximum atomic E-state index is 11.8. The molecule has 1 aliphatic rings. The van der Waals surface area contributed by atoms with E-state index < -0.39 is 5.41 Å². The lowest BCUT2D eigenvalue weighted by Crippen LogP contribution is -2.38. The molecule has 1 aliphatic carbocycles. The molecule has 0 fully saturated rings. The average molecular weight is 222 g/mol. The molecule has 1 rings (SSSR count). The molecule has 0 amide bonds. The minimum absolute atomic E-state index is 0.0959. The third kappa shape index (κ3) is 2.29. The van der Waals surface area contributed by atoms with Crippen LogP contribution in [0.15, 0.2) is 12.2 Å². The second-order valence-corrected chi connectivity index (χ2v) is 5.32. The first kappa shape index (κ1) is 12.8. The van der Waals surface area contributed by atoms with Crippen LogP contribution in [-0.2, 0) is 14.4 Å². The fraction of sp³-hybridized carbons (Fsp3) is 0.615. The van der Waals surface area contributed by atoms with Crippen LogP contribution in [0.25, 0.3) is 0 Å². The van der Waals surface area contributed by atoms with Gasteiger partial charge >= 0.3 is 0 Å². The fourth-order valence-corrected chi connectivity index (χ4v) is 2.34. The highest BCUT2D eigenvalue weighted by Crippen LogP contribution is 2.43. The average Bonchev–Trinajstić information content (AvgIpc) is 2.48. The lowest BCUT2D eigenvalue weighted by Gasteiger charge is -2.33. The van der Waals surface area contributed by atoms with Gasteiger partial charge in [0.05, 0.1) is 5.41 Å². The van der Waals surface area contributed by atoms with E-state index in [-0.39, 0.29) is 17.0 Å². The summed E-state index contributed by atoms with van der Waals surface area (Å²) >= 11 is 0. The zero-order valence-electron chi connectivity index (χ0n) is 10.1. The summed E-state index contributed by atoms with van der Waals surface area (Å²) in [4.78, 5) is 34.1. The van der Waals surface area contributed by atoms with Gasteiger partial charge in [0.25, 0.3) is 0 Å². The highest BCUT2D eigenvalue weighted by Gasteiger charge is 2.46. The molecule has 1 atom stereocenters. The van der Waals surface area contributed by atoms with Crippen LogP contribution in [0, 0.1) is 10.8 Å². The Hall–Kier alpha value is -1.25. The van der Waals surface area contributed by atoms with Crippen molar-refractivity contribution in [2.24, 2.45) is 10.8 Å². The highest BCUT2D eigenvalue weighted by molar-refractivity contribution is 6.12. The van der Waals surface area contributed by atoms with Gasteiger partial charge in [0, 0.05) is 6.42 Å². The third-order valence-corrected chi connectivity index (χ3v) is 3.30. The minimum atomic E-state index is -0.910. The van der Waals surface area contributed by atoms with Crippen molar-refractivity contribution in [1.29, 1.82) is 0 Å². The van der Waals surface area contributed by atoms with Crippen molar-refractivity contribution in [2.75, 3.05) is 0 Å². The van der Waals surface area contributed by atoms with Crippen molar-refractivity contribution in [2.45, 2.75) is 40.0 Å². The molecule has 0 spiro atoms. The van der Waals surface area contributed by atoms with E-state index in [1.165, 1.54) is 13.0 Å². The Kier molecular flexibility index (Phi) is 3.46. The lowest BCUT2D eigenvalue weighted by atomic mass is 9.67. The van der Waals surface area contributed by atoms with E-state index in [1.54, 1.807) is 6.08 Å². The smallest absolute Gasteiger partial charge is 0.169 e. The topological polar surface area (TPSA) is 51.2 Å². The van der Waals surface area contributed by atoms with Crippen LogP contribution in [-0.4, -0.2) is 17.9 Å². The van der Waals surface area contributed by atoms with Gasteiger partial charge in [-0.2, -0.15) is 0 Å². The van der Waals surface area contributed by atoms with Crippen LogP contribution >= 0.6 is 0 Å². The summed E-state index contributed by atoms with van der Waals surface area (Å²) in [5, 5.41) is 0. The Labute approximate surface area is 95.9 Å². The maximum absolute atomic E-state index is 11.8. The molecule has 3 heteroatoms. The van der Waals surface area contributed by atoms with Crippen LogP contribution in [0.2, 0.25) is 0 Å². The zero-order chi connectivity index (χ0) is 12.4. The second kappa shape index (κ2) is 4.32. The van der Waals surface area contributed by atoms with Gasteiger partial charge < -0.3 is 4.79 Å². The van der Waals surface area contributed by atoms with Crippen LogP contribution in [0.4, 0.5) is 0 Å². The predicted octanol–water partition coefficient (Wildman–Crippen LogP) is 2.10. The molecule has 0 saturated heterocycles. The number of allylic oxidation sites excluding steroid dienone is 2. The van der Waals surface area contributed by atoms with Crippen molar-refractivity contribution >= 4 is 17.9 Å². The van der Waals surface area contributed by atoms with Gasteiger partial charge in [0.1, 0.15) is 12.1 Å². The summed E-state index contributed by atoms with van der Waals surface area (Å²) in [5.41, 5.74) is -1.22. The van der Waals surface area contributed by atoms with E-state index in [0.29, 0.717) is 19.3 Å². The molecule has 0 aromatic heterocycles. The van der Waals surface area contributed by atoms with Crippen molar-refractivity contribution in [3.05, 3.63) is 12.2 Å². The van der Waals surface area contributed by atoms with Crippen LogP contribution in [0.3, 0.4) is 0 Å². The van der Waals surface area contributed by atoms with Gasteiger partial charge in [-0.3, -0.25) is 9.59 Å². The first-order valence-corrected chi connectivity index (χ1v) is 5.50. The van der Waals surface area contributed by atoms with E-state index in [1.807, 2.05) is 13.8 Å². The van der Waals surface area contributed by atoms with Crippen molar-refractivity contribution in [1.82, 2.24) is 0 Å². The lowest BCUT2D eigenvalue weighted by molar-refractivity contribution is -0.138.